The largest absolute Gasteiger partial charge is 0.397 e. The Morgan fingerprint density at radius 1 is 1.36 bits per heavy atom. The highest BCUT2D eigenvalue weighted by Crippen LogP contribution is 2.36. The van der Waals surface area contributed by atoms with Crippen molar-refractivity contribution in [3.05, 3.63) is 18.2 Å². The van der Waals surface area contributed by atoms with Crippen LogP contribution >= 0.6 is 0 Å². The van der Waals surface area contributed by atoms with Gasteiger partial charge < -0.3 is 10.6 Å². The summed E-state index contributed by atoms with van der Waals surface area (Å²) < 4.78 is 64.1. The van der Waals surface area contributed by atoms with Crippen LogP contribution in [0.4, 0.5) is 24.5 Å². The molecule has 1 atom stereocenters. The summed E-state index contributed by atoms with van der Waals surface area (Å²) in [5.41, 5.74) is 6.43. The number of hydrogen-bond donors (Lipinski definition) is 2. The molecule has 1 aliphatic rings. The summed E-state index contributed by atoms with van der Waals surface area (Å²) in [6, 6.07) is 4.06. The van der Waals surface area contributed by atoms with Crippen LogP contribution in [0, 0.1) is 5.92 Å². The molecule has 1 aliphatic heterocycles. The standard InChI is InChI=1S/C13H18F3N3O2S/c1-18-22(20,21)10-4-5-12(11(17)7-10)19-6-2-3-9(8-19)13(14,15)16/h4-5,7,9,18H,2-3,6,8,17H2,1H3. The van der Waals surface area contributed by atoms with Gasteiger partial charge in [0.1, 0.15) is 0 Å². The number of alkyl halides is 3. The van der Waals surface area contributed by atoms with Gasteiger partial charge in [0.2, 0.25) is 10.0 Å². The Morgan fingerprint density at radius 3 is 2.59 bits per heavy atom. The number of nitrogen functional groups attached to an aromatic ring is 1. The van der Waals surface area contributed by atoms with E-state index in [9.17, 15) is 21.6 Å². The predicted octanol–water partition coefficient (Wildman–Crippen LogP) is 1.96. The van der Waals surface area contributed by atoms with Crippen LogP contribution in [-0.2, 0) is 10.0 Å². The predicted molar refractivity (Wildman–Crippen MR) is 78.1 cm³/mol. The summed E-state index contributed by atoms with van der Waals surface area (Å²) in [6.07, 6.45) is -3.71. The van der Waals surface area contributed by atoms with Crippen LogP contribution in [0.25, 0.3) is 0 Å². The van der Waals surface area contributed by atoms with Gasteiger partial charge in [0.05, 0.1) is 22.2 Å². The number of piperidine rings is 1. The number of benzene rings is 1. The smallest absolute Gasteiger partial charge is 0.393 e. The molecular formula is C13H18F3N3O2S. The minimum Gasteiger partial charge on any atom is -0.397 e. The third kappa shape index (κ3) is 3.46. The van der Waals surface area contributed by atoms with Gasteiger partial charge in [0.15, 0.2) is 0 Å². The van der Waals surface area contributed by atoms with Crippen LogP contribution < -0.4 is 15.4 Å². The Labute approximate surface area is 127 Å². The first-order valence-corrected chi connectivity index (χ1v) is 8.28. The van der Waals surface area contributed by atoms with Gasteiger partial charge in [0, 0.05) is 13.1 Å². The minimum atomic E-state index is -4.23. The van der Waals surface area contributed by atoms with Crippen LogP contribution in [0.5, 0.6) is 0 Å². The average Bonchev–Trinajstić information content (AvgIpc) is 2.46. The van der Waals surface area contributed by atoms with Gasteiger partial charge in [-0.1, -0.05) is 0 Å². The van der Waals surface area contributed by atoms with Crippen molar-refractivity contribution < 1.29 is 21.6 Å². The van der Waals surface area contributed by atoms with Crippen molar-refractivity contribution in [2.45, 2.75) is 23.9 Å². The molecule has 1 unspecified atom stereocenters. The molecular weight excluding hydrogens is 319 g/mol. The molecule has 0 bridgehead atoms. The molecule has 124 valence electrons. The number of nitrogens with two attached hydrogens (primary N) is 1. The summed E-state index contributed by atoms with van der Waals surface area (Å²) in [5, 5.41) is 0. The van der Waals surface area contributed by atoms with Crippen molar-refractivity contribution in [3.63, 3.8) is 0 Å². The topological polar surface area (TPSA) is 75.4 Å². The zero-order chi connectivity index (χ0) is 16.5. The van der Waals surface area contributed by atoms with E-state index in [2.05, 4.69) is 4.72 Å². The van der Waals surface area contributed by atoms with Gasteiger partial charge in [-0.25, -0.2) is 13.1 Å². The van der Waals surface area contributed by atoms with E-state index < -0.39 is 22.1 Å². The van der Waals surface area contributed by atoms with Crippen molar-refractivity contribution in [2.75, 3.05) is 30.8 Å². The summed E-state index contributed by atoms with van der Waals surface area (Å²) in [7, 11) is -2.35. The number of nitrogens with zero attached hydrogens (tertiary/aromatic N) is 1. The van der Waals surface area contributed by atoms with Crippen LogP contribution in [-0.4, -0.2) is 34.7 Å². The molecule has 0 spiro atoms. The molecule has 1 fully saturated rings. The first kappa shape index (κ1) is 16.9. The molecule has 2 rings (SSSR count). The minimum absolute atomic E-state index is 0.0133. The molecule has 1 saturated heterocycles. The summed E-state index contributed by atoms with van der Waals surface area (Å²) >= 11 is 0. The number of rotatable bonds is 3. The van der Waals surface area contributed by atoms with Crippen molar-refractivity contribution in [3.8, 4) is 0 Å². The zero-order valence-electron chi connectivity index (χ0n) is 12.0. The van der Waals surface area contributed by atoms with E-state index in [0.717, 1.165) is 0 Å². The van der Waals surface area contributed by atoms with Gasteiger partial charge in [-0.15, -0.1) is 0 Å². The third-order valence-electron chi connectivity index (χ3n) is 3.80. The second kappa shape index (κ2) is 5.96. The quantitative estimate of drug-likeness (QED) is 0.827. The lowest BCUT2D eigenvalue weighted by atomic mass is 9.97. The number of halogens is 3. The third-order valence-corrected chi connectivity index (χ3v) is 5.22. The average molecular weight is 337 g/mol. The molecule has 5 nitrogen and oxygen atoms in total. The van der Waals surface area contributed by atoms with E-state index in [4.69, 9.17) is 5.73 Å². The molecule has 0 aromatic heterocycles. The maximum atomic E-state index is 12.9. The van der Waals surface area contributed by atoms with Crippen LogP contribution in [0.15, 0.2) is 23.1 Å². The monoisotopic (exact) mass is 337 g/mol. The molecule has 1 heterocycles. The van der Waals surface area contributed by atoms with Gasteiger partial charge in [0.25, 0.3) is 0 Å². The fraction of sp³-hybridized carbons (Fsp3) is 0.538. The molecule has 1 aromatic rings. The van der Waals surface area contributed by atoms with Gasteiger partial charge >= 0.3 is 6.18 Å². The molecule has 1 aromatic carbocycles. The number of sulfonamides is 1. The highest BCUT2D eigenvalue weighted by atomic mass is 32.2. The van der Waals surface area contributed by atoms with Crippen molar-refractivity contribution >= 4 is 21.4 Å². The van der Waals surface area contributed by atoms with Gasteiger partial charge in [-0.3, -0.25) is 0 Å². The maximum Gasteiger partial charge on any atom is 0.393 e. The fourth-order valence-electron chi connectivity index (χ4n) is 2.57. The van der Waals surface area contributed by atoms with E-state index in [-0.39, 0.29) is 23.5 Å². The molecule has 0 saturated carbocycles. The zero-order valence-corrected chi connectivity index (χ0v) is 12.8. The van der Waals surface area contributed by atoms with E-state index >= 15 is 0 Å². The summed E-state index contributed by atoms with van der Waals surface area (Å²) in [4.78, 5) is 1.55. The first-order valence-electron chi connectivity index (χ1n) is 6.80. The van der Waals surface area contributed by atoms with Crippen LogP contribution in [0.2, 0.25) is 0 Å². The molecule has 3 N–H and O–H groups in total. The number of nitrogens with one attached hydrogen (secondary N) is 1. The molecule has 22 heavy (non-hydrogen) atoms. The fourth-order valence-corrected chi connectivity index (χ4v) is 3.33. The SMILES string of the molecule is CNS(=O)(=O)c1ccc(N2CCCC(C(F)(F)F)C2)c(N)c1. The lowest BCUT2D eigenvalue weighted by Gasteiger charge is -2.35. The highest BCUT2D eigenvalue weighted by molar-refractivity contribution is 7.89. The Morgan fingerprint density at radius 2 is 2.05 bits per heavy atom. The summed E-state index contributed by atoms with van der Waals surface area (Å²) in [5.74, 6) is -1.39. The van der Waals surface area contributed by atoms with Crippen molar-refractivity contribution in [1.29, 1.82) is 0 Å². The van der Waals surface area contributed by atoms with Crippen LogP contribution in [0.1, 0.15) is 12.8 Å². The Balaban J connectivity index is 2.26. The lowest BCUT2D eigenvalue weighted by Crippen LogP contribution is -2.42. The van der Waals surface area contributed by atoms with Gasteiger partial charge in [-0.2, -0.15) is 13.2 Å². The number of hydrogen-bond acceptors (Lipinski definition) is 4. The Kier molecular flexibility index (Phi) is 4.57. The molecule has 9 heteroatoms. The van der Waals surface area contributed by atoms with Gasteiger partial charge in [-0.05, 0) is 38.1 Å². The van der Waals surface area contributed by atoms with E-state index in [1.54, 1.807) is 4.90 Å². The van der Waals surface area contributed by atoms with E-state index in [0.29, 0.717) is 18.7 Å². The maximum absolute atomic E-state index is 12.9. The normalized spacial score (nSPS) is 20.2. The Hall–Kier alpha value is -1.48. The molecule has 0 aliphatic carbocycles. The summed E-state index contributed by atoms with van der Waals surface area (Å²) in [6.45, 7) is 0.306. The van der Waals surface area contributed by atoms with Crippen molar-refractivity contribution in [1.82, 2.24) is 4.72 Å². The second-order valence-corrected chi connectivity index (χ2v) is 7.14. The van der Waals surface area contributed by atoms with Crippen LogP contribution in [0.3, 0.4) is 0 Å². The highest BCUT2D eigenvalue weighted by Gasteiger charge is 2.42. The lowest BCUT2D eigenvalue weighted by molar-refractivity contribution is -0.175. The van der Waals surface area contributed by atoms with E-state index in [1.807, 2.05) is 0 Å². The molecule has 0 amide bonds. The first-order chi connectivity index (χ1) is 10.1. The Bertz CT molecular complexity index is 646. The molecule has 0 radical (unpaired) electrons. The van der Waals surface area contributed by atoms with Crippen molar-refractivity contribution in [2.24, 2.45) is 5.92 Å². The number of anilines is 2. The second-order valence-electron chi connectivity index (χ2n) is 5.25. The van der Waals surface area contributed by atoms with E-state index in [1.165, 1.54) is 25.2 Å².